The monoisotopic (exact) mass is 528 g/mol. The van der Waals surface area contributed by atoms with E-state index in [1.165, 1.54) is 71.2 Å². The fourth-order valence-corrected chi connectivity index (χ4v) is 5.43. The molecule has 5 unspecified atom stereocenters. The quantitative estimate of drug-likeness (QED) is 0.0992. The molecule has 36 heavy (non-hydrogen) atoms. The normalized spacial score (nSPS) is 16.2. The number of rotatable bonds is 22. The summed E-state index contributed by atoms with van der Waals surface area (Å²) in [7, 11) is 2.80. The van der Waals surface area contributed by atoms with Crippen LogP contribution in [0.2, 0.25) is 0 Å². The molecule has 0 saturated heterocycles. The highest BCUT2D eigenvalue weighted by Crippen LogP contribution is 2.23. The van der Waals surface area contributed by atoms with E-state index < -0.39 is 6.04 Å². The van der Waals surface area contributed by atoms with Gasteiger partial charge in [-0.2, -0.15) is 11.8 Å². The summed E-state index contributed by atoms with van der Waals surface area (Å²) in [5, 5.41) is 3.25. The van der Waals surface area contributed by atoms with Crippen LogP contribution < -0.4 is 11.1 Å². The highest BCUT2D eigenvalue weighted by molar-refractivity contribution is 7.99. The molecule has 0 bridgehead atoms. The van der Waals surface area contributed by atoms with Crippen LogP contribution in [0.15, 0.2) is 11.6 Å². The molecule has 0 aromatic rings. The van der Waals surface area contributed by atoms with Gasteiger partial charge in [-0.1, -0.05) is 77.4 Å². The summed E-state index contributed by atoms with van der Waals surface area (Å²) in [5.41, 5.74) is 7.19. The van der Waals surface area contributed by atoms with Gasteiger partial charge in [0, 0.05) is 17.5 Å². The minimum atomic E-state index is -0.530. The van der Waals surface area contributed by atoms with Crippen molar-refractivity contribution in [2.75, 3.05) is 32.3 Å². The summed E-state index contributed by atoms with van der Waals surface area (Å²) in [4.78, 5) is 22.6. The highest BCUT2D eigenvalue weighted by atomic mass is 32.2. The summed E-state index contributed by atoms with van der Waals surface area (Å²) in [6, 6.07) is -0.189. The number of hydrogen-bond acceptors (Lipinski definition) is 7. The number of ether oxygens (including phenoxy) is 2. The molecule has 0 aliphatic carbocycles. The van der Waals surface area contributed by atoms with E-state index in [-0.39, 0.29) is 11.9 Å². The SMILES string of the molecule is COC(=O)CNC(C)CC(C)CCCC(C)CCCC(C)CCC/C(C)=C/CSCC(N)C(=O)OC. The predicted octanol–water partition coefficient (Wildman–Crippen LogP) is 6.13. The standard InChI is InChI=1S/C29H56N2O4S/c1-22(13-9-15-24(3)17-18-36-21-27(30)29(33)35-7)11-8-12-23(2)14-10-16-25(4)19-26(5)31-20-28(32)34-6/h17,22-23,25-27,31H,8-16,18-21,30H2,1-7H3/b24-17+. The van der Waals surface area contributed by atoms with Crippen molar-refractivity contribution < 1.29 is 19.1 Å². The van der Waals surface area contributed by atoms with Crippen LogP contribution in [0.25, 0.3) is 0 Å². The van der Waals surface area contributed by atoms with Crippen LogP contribution in [0.1, 0.15) is 98.8 Å². The number of allylic oxidation sites excluding steroid dienone is 1. The first-order chi connectivity index (χ1) is 17.1. The second-order valence-electron chi connectivity index (χ2n) is 10.9. The van der Waals surface area contributed by atoms with E-state index in [1.54, 1.807) is 11.8 Å². The zero-order valence-electron chi connectivity index (χ0n) is 24.3. The van der Waals surface area contributed by atoms with E-state index in [0.717, 1.165) is 30.4 Å². The predicted molar refractivity (Wildman–Crippen MR) is 154 cm³/mol. The first kappa shape index (κ1) is 35.0. The van der Waals surface area contributed by atoms with Gasteiger partial charge in [0.2, 0.25) is 0 Å². The van der Waals surface area contributed by atoms with Crippen molar-refractivity contribution in [2.24, 2.45) is 23.5 Å². The molecule has 212 valence electrons. The Morgan fingerprint density at radius 1 is 0.889 bits per heavy atom. The number of nitrogens with one attached hydrogen (secondary N) is 1. The van der Waals surface area contributed by atoms with Crippen LogP contribution in [-0.4, -0.2) is 56.3 Å². The number of carbonyl (C=O) groups is 2. The molecular formula is C29H56N2O4S. The van der Waals surface area contributed by atoms with E-state index in [0.29, 0.717) is 24.3 Å². The van der Waals surface area contributed by atoms with E-state index in [4.69, 9.17) is 5.73 Å². The molecule has 0 aromatic carbocycles. The number of hydrogen-bond donors (Lipinski definition) is 2. The van der Waals surface area contributed by atoms with E-state index >= 15 is 0 Å². The van der Waals surface area contributed by atoms with Gasteiger partial charge in [-0.3, -0.25) is 9.59 Å². The molecule has 0 fully saturated rings. The summed E-state index contributed by atoms with van der Waals surface area (Å²) in [6.45, 7) is 11.8. The average molecular weight is 529 g/mol. The first-order valence-corrected chi connectivity index (χ1v) is 15.1. The van der Waals surface area contributed by atoms with Crippen LogP contribution in [-0.2, 0) is 19.1 Å². The molecule has 5 atom stereocenters. The van der Waals surface area contributed by atoms with Crippen LogP contribution in [0.3, 0.4) is 0 Å². The van der Waals surface area contributed by atoms with Crippen LogP contribution in [0, 0.1) is 17.8 Å². The van der Waals surface area contributed by atoms with Crippen molar-refractivity contribution in [3.8, 4) is 0 Å². The van der Waals surface area contributed by atoms with Gasteiger partial charge in [0.1, 0.15) is 6.04 Å². The average Bonchev–Trinajstić information content (AvgIpc) is 2.84. The van der Waals surface area contributed by atoms with Crippen molar-refractivity contribution >= 4 is 23.7 Å². The Balaban J connectivity index is 3.80. The molecule has 0 rings (SSSR count). The Kier molecular flexibility index (Phi) is 21.3. The largest absolute Gasteiger partial charge is 0.468 e. The second-order valence-corrected chi connectivity index (χ2v) is 12.0. The third kappa shape index (κ3) is 20.1. The molecule has 7 heteroatoms. The molecule has 0 aliphatic heterocycles. The van der Waals surface area contributed by atoms with Gasteiger partial charge in [-0.05, 0) is 50.9 Å². The third-order valence-corrected chi connectivity index (χ3v) is 7.98. The fraction of sp³-hybridized carbons (Fsp3) is 0.862. The molecule has 6 nitrogen and oxygen atoms in total. The highest BCUT2D eigenvalue weighted by Gasteiger charge is 2.13. The van der Waals surface area contributed by atoms with Crippen molar-refractivity contribution in [1.29, 1.82) is 0 Å². The molecule has 0 radical (unpaired) electrons. The number of methoxy groups -OCH3 is 2. The Morgan fingerprint density at radius 3 is 2.00 bits per heavy atom. The maximum absolute atomic E-state index is 11.3. The molecule has 0 aliphatic rings. The molecular weight excluding hydrogens is 472 g/mol. The maximum Gasteiger partial charge on any atom is 0.323 e. The van der Waals surface area contributed by atoms with Crippen LogP contribution in [0.5, 0.6) is 0 Å². The van der Waals surface area contributed by atoms with Gasteiger partial charge < -0.3 is 20.5 Å². The zero-order chi connectivity index (χ0) is 27.3. The lowest BCUT2D eigenvalue weighted by Crippen LogP contribution is -2.33. The van der Waals surface area contributed by atoms with E-state index in [1.807, 2.05) is 0 Å². The Morgan fingerprint density at radius 2 is 1.44 bits per heavy atom. The molecule has 0 heterocycles. The summed E-state index contributed by atoms with van der Waals surface area (Å²) in [6.07, 6.45) is 14.9. The summed E-state index contributed by atoms with van der Waals surface area (Å²) in [5.74, 6) is 3.22. The van der Waals surface area contributed by atoms with Gasteiger partial charge in [0.15, 0.2) is 0 Å². The van der Waals surface area contributed by atoms with Gasteiger partial charge in [0.05, 0.1) is 20.8 Å². The lowest BCUT2D eigenvalue weighted by Gasteiger charge is -2.19. The van der Waals surface area contributed by atoms with Crippen LogP contribution in [0.4, 0.5) is 0 Å². The van der Waals surface area contributed by atoms with Crippen molar-refractivity contribution in [2.45, 2.75) is 111 Å². The number of thioether (sulfide) groups is 1. The first-order valence-electron chi connectivity index (χ1n) is 14.0. The minimum Gasteiger partial charge on any atom is -0.468 e. The third-order valence-electron chi connectivity index (χ3n) is 6.99. The van der Waals surface area contributed by atoms with Gasteiger partial charge in [-0.25, -0.2) is 0 Å². The Hall–Kier alpha value is -1.05. The lowest BCUT2D eigenvalue weighted by molar-refractivity contribution is -0.141. The van der Waals surface area contributed by atoms with Gasteiger partial charge >= 0.3 is 11.9 Å². The van der Waals surface area contributed by atoms with Crippen LogP contribution >= 0.6 is 11.8 Å². The zero-order valence-corrected chi connectivity index (χ0v) is 25.1. The molecule has 0 spiro atoms. The Labute approximate surface area is 226 Å². The topological polar surface area (TPSA) is 90.6 Å². The smallest absolute Gasteiger partial charge is 0.323 e. The Bertz CT molecular complexity index is 614. The second kappa shape index (κ2) is 22.0. The summed E-state index contributed by atoms with van der Waals surface area (Å²) >= 11 is 1.68. The maximum atomic E-state index is 11.3. The molecule has 3 N–H and O–H groups in total. The van der Waals surface area contributed by atoms with Gasteiger partial charge in [0.25, 0.3) is 0 Å². The number of carbonyl (C=O) groups excluding carboxylic acids is 2. The molecule has 0 saturated carbocycles. The van der Waals surface area contributed by atoms with Crippen molar-refractivity contribution in [3.05, 3.63) is 11.6 Å². The number of esters is 2. The van der Waals surface area contributed by atoms with Crippen molar-refractivity contribution in [1.82, 2.24) is 5.32 Å². The van der Waals surface area contributed by atoms with E-state index in [2.05, 4.69) is 55.5 Å². The van der Waals surface area contributed by atoms with Gasteiger partial charge in [-0.15, -0.1) is 0 Å². The fourth-order valence-electron chi connectivity index (χ4n) is 4.50. The summed E-state index contributed by atoms with van der Waals surface area (Å²) < 4.78 is 9.34. The molecule has 0 aromatic heterocycles. The van der Waals surface area contributed by atoms with E-state index in [9.17, 15) is 9.59 Å². The number of nitrogens with two attached hydrogens (primary N) is 1. The lowest BCUT2D eigenvalue weighted by atomic mass is 9.90. The van der Waals surface area contributed by atoms with Crippen molar-refractivity contribution in [3.63, 3.8) is 0 Å². The minimum absolute atomic E-state index is 0.199. The molecule has 0 amide bonds.